The van der Waals surface area contributed by atoms with Crippen molar-refractivity contribution in [1.29, 1.82) is 0 Å². The van der Waals surface area contributed by atoms with Crippen LogP contribution in [-0.2, 0) is 14.3 Å². The second kappa shape index (κ2) is 2.80. The first-order valence-electron chi connectivity index (χ1n) is 4.21. The Hall–Kier alpha value is -0.450. The molecule has 0 aromatic rings. The highest BCUT2D eigenvalue weighted by Gasteiger charge is 2.43. The number of ketones is 1. The molecule has 1 unspecified atom stereocenters. The summed E-state index contributed by atoms with van der Waals surface area (Å²) in [7, 11) is 0. The Labute approximate surface area is 70.5 Å². The number of ether oxygens (including phenoxy) is 2. The molecule has 4 nitrogen and oxygen atoms in total. The van der Waals surface area contributed by atoms with E-state index in [4.69, 9.17) is 14.6 Å². The van der Waals surface area contributed by atoms with Gasteiger partial charge in [0.25, 0.3) is 0 Å². The zero-order valence-electron chi connectivity index (χ0n) is 6.78. The van der Waals surface area contributed by atoms with Crippen LogP contribution in [0.1, 0.15) is 19.3 Å². The van der Waals surface area contributed by atoms with Crippen molar-refractivity contribution < 1.29 is 19.4 Å². The van der Waals surface area contributed by atoms with Gasteiger partial charge in [0.2, 0.25) is 0 Å². The topological polar surface area (TPSA) is 55.8 Å². The van der Waals surface area contributed by atoms with Crippen LogP contribution in [0.2, 0.25) is 0 Å². The smallest absolute Gasteiger partial charge is 0.175 e. The standard InChI is InChI=1S/C8H12O4/c9-6-1-2-8(5-7(6)10)11-3-4-12-8/h6,9H,1-5H2. The Morgan fingerprint density at radius 1 is 1.42 bits per heavy atom. The first kappa shape index (κ1) is 8.16. The van der Waals surface area contributed by atoms with Crippen molar-refractivity contribution in [3.05, 3.63) is 0 Å². The van der Waals surface area contributed by atoms with Crippen molar-refractivity contribution in [2.75, 3.05) is 13.2 Å². The molecule has 0 bridgehead atoms. The van der Waals surface area contributed by atoms with Crippen LogP contribution in [0, 0.1) is 0 Å². The van der Waals surface area contributed by atoms with Gasteiger partial charge in [-0.1, -0.05) is 0 Å². The molecular formula is C8H12O4. The number of hydrogen-bond acceptors (Lipinski definition) is 4. The molecule has 1 saturated carbocycles. The van der Waals surface area contributed by atoms with Gasteiger partial charge in [0.05, 0.1) is 19.6 Å². The molecule has 0 aromatic carbocycles. The monoisotopic (exact) mass is 172 g/mol. The largest absolute Gasteiger partial charge is 0.385 e. The van der Waals surface area contributed by atoms with Gasteiger partial charge < -0.3 is 14.6 Å². The van der Waals surface area contributed by atoms with Gasteiger partial charge in [-0.3, -0.25) is 4.79 Å². The van der Waals surface area contributed by atoms with Gasteiger partial charge in [0.1, 0.15) is 6.10 Å². The van der Waals surface area contributed by atoms with Crippen LogP contribution >= 0.6 is 0 Å². The minimum absolute atomic E-state index is 0.164. The van der Waals surface area contributed by atoms with Crippen LogP contribution in [0.3, 0.4) is 0 Å². The van der Waals surface area contributed by atoms with Crippen molar-refractivity contribution in [2.24, 2.45) is 0 Å². The van der Waals surface area contributed by atoms with E-state index in [1.165, 1.54) is 0 Å². The minimum Gasteiger partial charge on any atom is -0.385 e. The van der Waals surface area contributed by atoms with E-state index in [9.17, 15) is 4.79 Å². The van der Waals surface area contributed by atoms with Gasteiger partial charge in [0.15, 0.2) is 11.6 Å². The first-order chi connectivity index (χ1) is 5.72. The summed E-state index contributed by atoms with van der Waals surface area (Å²) >= 11 is 0. The van der Waals surface area contributed by atoms with E-state index in [0.717, 1.165) is 0 Å². The maximum Gasteiger partial charge on any atom is 0.175 e. The van der Waals surface area contributed by atoms with Crippen LogP contribution in [0.25, 0.3) is 0 Å². The Morgan fingerprint density at radius 3 is 2.67 bits per heavy atom. The van der Waals surface area contributed by atoms with Crippen molar-refractivity contribution in [2.45, 2.75) is 31.2 Å². The summed E-state index contributed by atoms with van der Waals surface area (Å²) in [6.07, 6.45) is 0.482. The van der Waals surface area contributed by atoms with Crippen LogP contribution in [0.4, 0.5) is 0 Å². The molecule has 4 heteroatoms. The SMILES string of the molecule is O=C1CC2(CCC1O)OCCO2. The first-order valence-corrected chi connectivity index (χ1v) is 4.21. The third-order valence-electron chi connectivity index (χ3n) is 2.43. The molecule has 1 aliphatic heterocycles. The van der Waals surface area contributed by atoms with E-state index < -0.39 is 11.9 Å². The fraction of sp³-hybridized carbons (Fsp3) is 0.875. The molecule has 1 saturated heterocycles. The van der Waals surface area contributed by atoms with Crippen LogP contribution in [0.15, 0.2) is 0 Å². The maximum absolute atomic E-state index is 11.1. The van der Waals surface area contributed by atoms with Crippen molar-refractivity contribution in [1.82, 2.24) is 0 Å². The quantitative estimate of drug-likeness (QED) is 0.551. The number of hydrogen-bond donors (Lipinski definition) is 1. The van der Waals surface area contributed by atoms with E-state index in [1.807, 2.05) is 0 Å². The van der Waals surface area contributed by atoms with Crippen molar-refractivity contribution in [3.8, 4) is 0 Å². The summed E-state index contributed by atoms with van der Waals surface area (Å²) in [5, 5.41) is 9.16. The normalized spacial score (nSPS) is 34.4. The molecule has 1 atom stereocenters. The van der Waals surface area contributed by atoms with Crippen LogP contribution in [0.5, 0.6) is 0 Å². The lowest BCUT2D eigenvalue weighted by Gasteiger charge is -2.32. The number of Topliss-reactive ketones (excluding diaryl/α,β-unsaturated/α-hetero) is 1. The number of rotatable bonds is 0. The fourth-order valence-corrected chi connectivity index (χ4v) is 1.73. The summed E-state index contributed by atoms with van der Waals surface area (Å²) in [5.74, 6) is -0.848. The molecular weight excluding hydrogens is 160 g/mol. The lowest BCUT2D eigenvalue weighted by Crippen LogP contribution is -2.42. The Bertz CT molecular complexity index is 195. The number of carbonyl (C=O) groups excluding carboxylic acids is 1. The molecule has 0 amide bonds. The maximum atomic E-state index is 11.1. The number of aliphatic hydroxyl groups excluding tert-OH is 1. The summed E-state index contributed by atoms with van der Waals surface area (Å²) < 4.78 is 10.7. The molecule has 1 heterocycles. The highest BCUT2D eigenvalue weighted by Crippen LogP contribution is 2.33. The molecule has 12 heavy (non-hydrogen) atoms. The summed E-state index contributed by atoms with van der Waals surface area (Å²) in [6, 6.07) is 0. The third kappa shape index (κ3) is 1.26. The van der Waals surface area contributed by atoms with Crippen LogP contribution < -0.4 is 0 Å². The van der Waals surface area contributed by atoms with E-state index in [1.54, 1.807) is 0 Å². The zero-order chi connectivity index (χ0) is 8.60. The molecule has 0 radical (unpaired) electrons. The van der Waals surface area contributed by atoms with E-state index in [2.05, 4.69) is 0 Å². The van der Waals surface area contributed by atoms with E-state index in [-0.39, 0.29) is 12.2 Å². The van der Waals surface area contributed by atoms with Gasteiger partial charge in [-0.05, 0) is 6.42 Å². The van der Waals surface area contributed by atoms with Gasteiger partial charge in [-0.25, -0.2) is 0 Å². The predicted molar refractivity (Wildman–Crippen MR) is 39.5 cm³/mol. The molecule has 2 aliphatic rings. The molecule has 2 rings (SSSR count). The molecule has 0 aromatic heterocycles. The minimum atomic E-state index is -0.802. The van der Waals surface area contributed by atoms with Gasteiger partial charge in [-0.15, -0.1) is 0 Å². The average molecular weight is 172 g/mol. The second-order valence-electron chi connectivity index (χ2n) is 3.31. The lowest BCUT2D eigenvalue weighted by atomic mass is 9.91. The lowest BCUT2D eigenvalue weighted by molar-refractivity contribution is -0.190. The molecule has 1 N–H and O–H groups in total. The molecule has 1 aliphatic carbocycles. The van der Waals surface area contributed by atoms with E-state index >= 15 is 0 Å². The molecule has 2 fully saturated rings. The zero-order valence-corrected chi connectivity index (χ0v) is 6.78. The Balaban J connectivity index is 2.06. The highest BCUT2D eigenvalue weighted by atomic mass is 16.7. The molecule has 68 valence electrons. The van der Waals surface area contributed by atoms with Gasteiger partial charge in [0, 0.05) is 6.42 Å². The summed E-state index contributed by atoms with van der Waals surface area (Å²) in [6.45, 7) is 1.12. The summed E-state index contributed by atoms with van der Waals surface area (Å²) in [5.41, 5.74) is 0. The fourth-order valence-electron chi connectivity index (χ4n) is 1.73. The van der Waals surface area contributed by atoms with Gasteiger partial charge >= 0.3 is 0 Å². The average Bonchev–Trinajstić information content (AvgIpc) is 2.47. The van der Waals surface area contributed by atoms with Crippen LogP contribution in [-0.4, -0.2) is 36.0 Å². The van der Waals surface area contributed by atoms with Gasteiger partial charge in [-0.2, -0.15) is 0 Å². The summed E-state index contributed by atoms with van der Waals surface area (Å²) in [4.78, 5) is 11.1. The number of aliphatic hydroxyl groups is 1. The molecule has 1 spiro atoms. The predicted octanol–water partition coefficient (Wildman–Crippen LogP) is -0.157. The Kier molecular flexibility index (Phi) is 1.90. The Morgan fingerprint density at radius 2 is 2.08 bits per heavy atom. The highest BCUT2D eigenvalue weighted by molar-refractivity contribution is 5.84. The van der Waals surface area contributed by atoms with Crippen molar-refractivity contribution in [3.63, 3.8) is 0 Å². The third-order valence-corrected chi connectivity index (χ3v) is 2.43. The van der Waals surface area contributed by atoms with Crippen molar-refractivity contribution >= 4 is 5.78 Å². The van der Waals surface area contributed by atoms with E-state index in [0.29, 0.717) is 26.1 Å². The second-order valence-corrected chi connectivity index (χ2v) is 3.31. The number of carbonyl (C=O) groups is 1.